The van der Waals surface area contributed by atoms with Gasteiger partial charge in [-0.2, -0.15) is 0 Å². The van der Waals surface area contributed by atoms with Gasteiger partial charge < -0.3 is 15.3 Å². The van der Waals surface area contributed by atoms with Crippen LogP contribution in [0, 0.1) is 0 Å². The number of piperazine rings is 1. The lowest BCUT2D eigenvalue weighted by Crippen LogP contribution is -2.61. The molecule has 1 aromatic heterocycles. The Morgan fingerprint density at radius 2 is 2.33 bits per heavy atom. The highest BCUT2D eigenvalue weighted by Gasteiger charge is 2.45. The van der Waals surface area contributed by atoms with Crippen LogP contribution in [0.25, 0.3) is 0 Å². The van der Waals surface area contributed by atoms with E-state index in [0.29, 0.717) is 12.8 Å². The van der Waals surface area contributed by atoms with Crippen molar-refractivity contribution in [2.75, 3.05) is 6.54 Å². The predicted octanol–water partition coefficient (Wildman–Crippen LogP) is -0.249. The molecule has 2 amide bonds. The van der Waals surface area contributed by atoms with Crippen LogP contribution in [0.2, 0.25) is 0 Å². The molecular weight excluding hydrogens is 252 g/mol. The summed E-state index contributed by atoms with van der Waals surface area (Å²) in [7, 11) is 0. The normalized spacial score (nSPS) is 31.4. The van der Waals surface area contributed by atoms with Crippen molar-refractivity contribution in [1.29, 1.82) is 0 Å². The first-order valence-corrected chi connectivity index (χ1v) is 6.84. The number of carbonyl (C=O) groups excluding carboxylic acids is 2. The lowest BCUT2D eigenvalue weighted by atomic mass is 10.0. The summed E-state index contributed by atoms with van der Waals surface area (Å²) >= 11 is 1.57. The minimum absolute atomic E-state index is 0.0791. The second-order valence-corrected chi connectivity index (χ2v) is 5.77. The Morgan fingerprint density at radius 1 is 1.50 bits per heavy atom. The number of hydrogen-bond acceptors (Lipinski definition) is 4. The van der Waals surface area contributed by atoms with E-state index < -0.39 is 18.2 Å². The molecule has 0 aliphatic carbocycles. The average molecular weight is 266 g/mol. The zero-order valence-corrected chi connectivity index (χ0v) is 10.5. The third-order valence-electron chi connectivity index (χ3n) is 3.46. The van der Waals surface area contributed by atoms with E-state index in [1.165, 1.54) is 4.90 Å². The number of aliphatic hydroxyl groups is 1. The molecule has 0 radical (unpaired) electrons. The minimum Gasteiger partial charge on any atom is -0.391 e. The Kier molecular flexibility index (Phi) is 2.83. The van der Waals surface area contributed by atoms with Crippen LogP contribution >= 0.6 is 11.3 Å². The van der Waals surface area contributed by atoms with Gasteiger partial charge in [0.2, 0.25) is 11.8 Å². The highest BCUT2D eigenvalue weighted by atomic mass is 32.1. The molecule has 3 atom stereocenters. The van der Waals surface area contributed by atoms with Crippen LogP contribution in [0.5, 0.6) is 0 Å². The lowest BCUT2D eigenvalue weighted by molar-refractivity contribution is -0.147. The maximum absolute atomic E-state index is 12.2. The summed E-state index contributed by atoms with van der Waals surface area (Å²) in [5.41, 5.74) is 0. The van der Waals surface area contributed by atoms with Crippen molar-refractivity contribution in [1.82, 2.24) is 10.2 Å². The van der Waals surface area contributed by atoms with Gasteiger partial charge >= 0.3 is 0 Å². The summed E-state index contributed by atoms with van der Waals surface area (Å²) in [4.78, 5) is 26.7. The fourth-order valence-corrected chi connectivity index (χ4v) is 3.36. The molecule has 0 unspecified atom stereocenters. The molecule has 0 aromatic carbocycles. The van der Waals surface area contributed by atoms with Crippen LogP contribution in [-0.2, 0) is 16.0 Å². The summed E-state index contributed by atoms with van der Waals surface area (Å²) in [6.45, 7) is 0.276. The van der Waals surface area contributed by atoms with Crippen molar-refractivity contribution in [2.45, 2.75) is 31.0 Å². The SMILES string of the molecule is O=C1N[C@@H](Cc2cccs2)C(=O)N2C[C@H](O)C[C@@H]12. The van der Waals surface area contributed by atoms with E-state index in [0.717, 1.165) is 4.88 Å². The number of aliphatic hydroxyl groups excluding tert-OH is 1. The molecule has 0 bridgehead atoms. The van der Waals surface area contributed by atoms with Gasteiger partial charge in [-0.05, 0) is 11.4 Å². The smallest absolute Gasteiger partial charge is 0.246 e. The second kappa shape index (κ2) is 4.37. The Morgan fingerprint density at radius 3 is 3.06 bits per heavy atom. The molecule has 0 saturated carbocycles. The van der Waals surface area contributed by atoms with Gasteiger partial charge in [-0.25, -0.2) is 0 Å². The lowest BCUT2D eigenvalue weighted by Gasteiger charge is -2.34. The molecule has 2 N–H and O–H groups in total. The van der Waals surface area contributed by atoms with E-state index >= 15 is 0 Å². The zero-order chi connectivity index (χ0) is 12.7. The van der Waals surface area contributed by atoms with Gasteiger partial charge in [0.1, 0.15) is 12.1 Å². The highest BCUT2D eigenvalue weighted by molar-refractivity contribution is 7.09. The maximum atomic E-state index is 12.2. The van der Waals surface area contributed by atoms with Gasteiger partial charge in [0.05, 0.1) is 6.10 Å². The van der Waals surface area contributed by atoms with E-state index in [4.69, 9.17) is 0 Å². The zero-order valence-electron chi connectivity index (χ0n) is 9.70. The third-order valence-corrected chi connectivity index (χ3v) is 4.36. The molecule has 2 fully saturated rings. The number of fused-ring (bicyclic) bond motifs is 1. The van der Waals surface area contributed by atoms with Gasteiger partial charge in [-0.3, -0.25) is 9.59 Å². The molecular formula is C12H14N2O3S. The number of carbonyl (C=O) groups is 2. The van der Waals surface area contributed by atoms with Crippen LogP contribution in [0.1, 0.15) is 11.3 Å². The van der Waals surface area contributed by atoms with Gasteiger partial charge in [-0.1, -0.05) is 6.07 Å². The molecule has 96 valence electrons. The van der Waals surface area contributed by atoms with Crippen molar-refractivity contribution in [3.05, 3.63) is 22.4 Å². The largest absolute Gasteiger partial charge is 0.391 e. The number of amides is 2. The first kappa shape index (κ1) is 11.7. The van der Waals surface area contributed by atoms with Crippen molar-refractivity contribution in [3.63, 3.8) is 0 Å². The van der Waals surface area contributed by atoms with Crippen molar-refractivity contribution in [2.24, 2.45) is 0 Å². The molecule has 6 heteroatoms. The minimum atomic E-state index is -0.579. The molecule has 1 aromatic rings. The van der Waals surface area contributed by atoms with Gasteiger partial charge in [0.25, 0.3) is 0 Å². The maximum Gasteiger partial charge on any atom is 0.246 e. The van der Waals surface area contributed by atoms with Gasteiger partial charge in [-0.15, -0.1) is 11.3 Å². The highest BCUT2D eigenvalue weighted by Crippen LogP contribution is 2.24. The summed E-state index contributed by atoms with van der Waals surface area (Å²) in [5.74, 6) is -0.225. The van der Waals surface area contributed by atoms with Crippen LogP contribution in [0.4, 0.5) is 0 Å². The fourth-order valence-electron chi connectivity index (χ4n) is 2.60. The molecule has 18 heavy (non-hydrogen) atoms. The number of thiophene rings is 1. The second-order valence-electron chi connectivity index (χ2n) is 4.74. The monoisotopic (exact) mass is 266 g/mol. The third kappa shape index (κ3) is 1.91. The molecule has 2 aliphatic rings. The van der Waals surface area contributed by atoms with Crippen molar-refractivity contribution in [3.8, 4) is 0 Å². The van der Waals surface area contributed by atoms with Crippen LogP contribution in [0.3, 0.4) is 0 Å². The molecule has 3 rings (SSSR count). The Hall–Kier alpha value is -1.40. The quantitative estimate of drug-likeness (QED) is 0.775. The van der Waals surface area contributed by atoms with Crippen LogP contribution < -0.4 is 5.32 Å². The molecule has 2 aliphatic heterocycles. The predicted molar refractivity (Wildman–Crippen MR) is 66.1 cm³/mol. The molecule has 5 nitrogen and oxygen atoms in total. The van der Waals surface area contributed by atoms with Crippen molar-refractivity contribution >= 4 is 23.2 Å². The summed E-state index contributed by atoms with van der Waals surface area (Å²) < 4.78 is 0. The molecule has 3 heterocycles. The number of nitrogens with zero attached hydrogens (tertiary/aromatic N) is 1. The van der Waals surface area contributed by atoms with E-state index in [9.17, 15) is 14.7 Å². The Balaban J connectivity index is 1.77. The molecule has 0 spiro atoms. The first-order valence-electron chi connectivity index (χ1n) is 5.96. The van der Waals surface area contributed by atoms with E-state index in [2.05, 4.69) is 5.32 Å². The number of rotatable bonds is 2. The van der Waals surface area contributed by atoms with Crippen LogP contribution in [0.15, 0.2) is 17.5 Å². The van der Waals surface area contributed by atoms with Gasteiger partial charge in [0.15, 0.2) is 0 Å². The Bertz CT molecular complexity index is 474. The van der Waals surface area contributed by atoms with Gasteiger partial charge in [0, 0.05) is 24.3 Å². The number of hydrogen-bond donors (Lipinski definition) is 2. The standard InChI is InChI=1S/C12H14N2O3S/c15-7-4-10-11(16)13-9(12(17)14(10)6-7)5-8-2-1-3-18-8/h1-3,7,9-10,15H,4-6H2,(H,13,16)/t7-,9+,10+/m1/s1. The topological polar surface area (TPSA) is 69.6 Å². The van der Waals surface area contributed by atoms with Crippen LogP contribution in [-0.4, -0.2) is 46.6 Å². The Labute approximate surface area is 108 Å². The number of nitrogens with one attached hydrogen (secondary N) is 1. The van der Waals surface area contributed by atoms with E-state index in [1.807, 2.05) is 17.5 Å². The van der Waals surface area contributed by atoms with E-state index in [-0.39, 0.29) is 18.4 Å². The summed E-state index contributed by atoms with van der Waals surface area (Å²) in [5, 5.41) is 14.3. The van der Waals surface area contributed by atoms with Crippen molar-refractivity contribution < 1.29 is 14.7 Å². The molecule has 2 saturated heterocycles. The first-order chi connectivity index (χ1) is 8.65. The summed E-state index contributed by atoms with van der Waals surface area (Å²) in [6.07, 6.45) is 0.301. The summed E-state index contributed by atoms with van der Waals surface area (Å²) in [6, 6.07) is 2.91. The fraction of sp³-hybridized carbons (Fsp3) is 0.500. The van der Waals surface area contributed by atoms with E-state index in [1.54, 1.807) is 11.3 Å². The average Bonchev–Trinajstić information content (AvgIpc) is 2.95.